The molecule has 5 nitrogen and oxygen atoms in total. The Morgan fingerprint density at radius 3 is 2.80 bits per heavy atom. The Labute approximate surface area is 91.0 Å². The number of hydrazine groups is 1. The zero-order valence-electron chi connectivity index (χ0n) is 9.77. The lowest BCUT2D eigenvalue weighted by molar-refractivity contribution is 0.388. The topological polar surface area (TPSA) is 68.8 Å². The molecular weight excluding hydrogens is 190 g/mol. The molecule has 0 fully saturated rings. The molecule has 2 atom stereocenters. The van der Waals surface area contributed by atoms with E-state index in [1.807, 2.05) is 7.05 Å². The molecule has 0 aromatic carbocycles. The van der Waals surface area contributed by atoms with Crippen molar-refractivity contribution in [1.82, 2.24) is 20.2 Å². The largest absolute Gasteiger partial charge is 0.271 e. The molecule has 15 heavy (non-hydrogen) atoms. The van der Waals surface area contributed by atoms with Crippen LogP contribution in [0.15, 0.2) is 6.33 Å². The van der Waals surface area contributed by atoms with Crippen molar-refractivity contribution in [3.8, 4) is 0 Å². The summed E-state index contributed by atoms with van der Waals surface area (Å²) in [6.45, 7) is 4.43. The number of nitrogens with one attached hydrogen (secondary N) is 1. The van der Waals surface area contributed by atoms with Gasteiger partial charge < -0.3 is 0 Å². The molecule has 86 valence electrons. The van der Waals surface area contributed by atoms with Gasteiger partial charge in [-0.3, -0.25) is 16.0 Å². The molecule has 0 bridgehead atoms. The standard InChI is InChI=1S/C10H21N5/c1-4-8(2)5-9(14-11)6-10-12-7-13-15(10)3/h7-9,14H,4-6,11H2,1-3H3. The second kappa shape index (κ2) is 5.82. The van der Waals surface area contributed by atoms with Crippen molar-refractivity contribution in [1.29, 1.82) is 0 Å². The summed E-state index contributed by atoms with van der Waals surface area (Å²) in [6, 6.07) is 0.280. The second-order valence-electron chi connectivity index (χ2n) is 4.12. The van der Waals surface area contributed by atoms with Crippen LogP contribution < -0.4 is 11.3 Å². The summed E-state index contributed by atoms with van der Waals surface area (Å²) in [5, 5.41) is 4.04. The smallest absolute Gasteiger partial charge is 0.138 e. The molecule has 0 aliphatic heterocycles. The fourth-order valence-corrected chi connectivity index (χ4v) is 1.59. The van der Waals surface area contributed by atoms with E-state index in [4.69, 9.17) is 5.84 Å². The second-order valence-corrected chi connectivity index (χ2v) is 4.12. The average molecular weight is 211 g/mol. The lowest BCUT2D eigenvalue weighted by atomic mass is 9.97. The first-order valence-electron chi connectivity index (χ1n) is 5.46. The normalized spacial score (nSPS) is 15.2. The van der Waals surface area contributed by atoms with Crippen LogP contribution in [-0.2, 0) is 13.5 Å². The summed E-state index contributed by atoms with van der Waals surface area (Å²) in [6.07, 6.45) is 4.65. The van der Waals surface area contributed by atoms with Gasteiger partial charge in [0.25, 0.3) is 0 Å². The van der Waals surface area contributed by atoms with Gasteiger partial charge in [-0.2, -0.15) is 5.10 Å². The maximum absolute atomic E-state index is 5.53. The molecule has 0 aliphatic carbocycles. The Bertz CT molecular complexity index is 283. The Kier molecular flexibility index (Phi) is 4.71. The van der Waals surface area contributed by atoms with E-state index in [-0.39, 0.29) is 6.04 Å². The van der Waals surface area contributed by atoms with Crippen LogP contribution in [0.1, 0.15) is 32.5 Å². The molecule has 1 aromatic rings. The minimum absolute atomic E-state index is 0.280. The minimum atomic E-state index is 0.280. The van der Waals surface area contributed by atoms with Crippen LogP contribution in [0.2, 0.25) is 0 Å². The highest BCUT2D eigenvalue weighted by Gasteiger charge is 2.13. The maximum atomic E-state index is 5.53. The molecule has 1 aromatic heterocycles. The molecule has 5 heteroatoms. The predicted molar refractivity (Wildman–Crippen MR) is 59.9 cm³/mol. The third-order valence-electron chi connectivity index (χ3n) is 2.85. The molecule has 0 radical (unpaired) electrons. The number of aryl methyl sites for hydroxylation is 1. The molecule has 0 saturated carbocycles. The Morgan fingerprint density at radius 2 is 2.33 bits per heavy atom. The van der Waals surface area contributed by atoms with E-state index in [1.165, 1.54) is 6.42 Å². The van der Waals surface area contributed by atoms with Crippen molar-refractivity contribution < 1.29 is 0 Å². The van der Waals surface area contributed by atoms with Crippen LogP contribution in [0, 0.1) is 5.92 Å². The number of rotatable bonds is 6. The van der Waals surface area contributed by atoms with E-state index in [0.29, 0.717) is 5.92 Å². The van der Waals surface area contributed by atoms with Crippen LogP contribution in [0.4, 0.5) is 0 Å². The summed E-state index contributed by atoms with van der Waals surface area (Å²) in [5.41, 5.74) is 2.85. The first-order chi connectivity index (χ1) is 7.17. The average Bonchev–Trinajstić information content (AvgIpc) is 2.63. The maximum Gasteiger partial charge on any atom is 0.138 e. The Balaban J connectivity index is 2.50. The predicted octanol–water partition coefficient (Wildman–Crippen LogP) is 0.626. The number of nitrogens with zero attached hydrogens (tertiary/aromatic N) is 3. The van der Waals surface area contributed by atoms with E-state index in [2.05, 4.69) is 29.4 Å². The summed E-state index contributed by atoms with van der Waals surface area (Å²) in [4.78, 5) is 4.19. The van der Waals surface area contributed by atoms with Crippen LogP contribution in [0.25, 0.3) is 0 Å². The molecule has 1 rings (SSSR count). The third kappa shape index (κ3) is 3.60. The number of nitrogens with two attached hydrogens (primary N) is 1. The summed E-state index contributed by atoms with van der Waals surface area (Å²) < 4.78 is 1.79. The summed E-state index contributed by atoms with van der Waals surface area (Å²) in [5.74, 6) is 7.19. The molecule has 0 saturated heterocycles. The van der Waals surface area contributed by atoms with Gasteiger partial charge in [0.15, 0.2) is 0 Å². The van der Waals surface area contributed by atoms with Gasteiger partial charge in [-0.15, -0.1) is 0 Å². The van der Waals surface area contributed by atoms with E-state index in [1.54, 1.807) is 11.0 Å². The van der Waals surface area contributed by atoms with E-state index in [9.17, 15) is 0 Å². The Morgan fingerprint density at radius 1 is 1.60 bits per heavy atom. The first kappa shape index (κ1) is 12.1. The van der Waals surface area contributed by atoms with Crippen LogP contribution >= 0.6 is 0 Å². The highest BCUT2D eigenvalue weighted by Crippen LogP contribution is 2.12. The molecule has 0 spiro atoms. The summed E-state index contributed by atoms with van der Waals surface area (Å²) >= 11 is 0. The van der Waals surface area contributed by atoms with Crippen LogP contribution in [0.3, 0.4) is 0 Å². The minimum Gasteiger partial charge on any atom is -0.271 e. The van der Waals surface area contributed by atoms with Gasteiger partial charge in [-0.25, -0.2) is 4.98 Å². The van der Waals surface area contributed by atoms with Crippen molar-refractivity contribution in [2.45, 2.75) is 39.2 Å². The lowest BCUT2D eigenvalue weighted by Gasteiger charge is -2.18. The zero-order chi connectivity index (χ0) is 11.3. The molecule has 3 N–H and O–H groups in total. The van der Waals surface area contributed by atoms with Gasteiger partial charge in [-0.1, -0.05) is 20.3 Å². The Hall–Kier alpha value is -0.940. The zero-order valence-corrected chi connectivity index (χ0v) is 9.77. The summed E-state index contributed by atoms with van der Waals surface area (Å²) in [7, 11) is 1.90. The van der Waals surface area contributed by atoms with Gasteiger partial charge in [0.1, 0.15) is 12.2 Å². The number of hydrogen-bond donors (Lipinski definition) is 2. The van der Waals surface area contributed by atoms with Crippen LogP contribution in [0.5, 0.6) is 0 Å². The SMILES string of the molecule is CCC(C)CC(Cc1ncnn1C)NN. The van der Waals surface area contributed by atoms with Gasteiger partial charge in [-0.05, 0) is 12.3 Å². The lowest BCUT2D eigenvalue weighted by Crippen LogP contribution is -2.38. The monoisotopic (exact) mass is 211 g/mol. The molecule has 2 unspecified atom stereocenters. The van der Waals surface area contributed by atoms with E-state index in [0.717, 1.165) is 18.7 Å². The van der Waals surface area contributed by atoms with Crippen molar-refractivity contribution >= 4 is 0 Å². The van der Waals surface area contributed by atoms with Crippen molar-refractivity contribution in [2.75, 3.05) is 0 Å². The van der Waals surface area contributed by atoms with Gasteiger partial charge in [0.2, 0.25) is 0 Å². The fraction of sp³-hybridized carbons (Fsp3) is 0.800. The first-order valence-corrected chi connectivity index (χ1v) is 5.46. The van der Waals surface area contributed by atoms with Crippen LogP contribution in [-0.4, -0.2) is 20.8 Å². The number of hydrogen-bond acceptors (Lipinski definition) is 4. The van der Waals surface area contributed by atoms with E-state index < -0.39 is 0 Å². The molecule has 0 aliphatic rings. The van der Waals surface area contributed by atoms with Crippen molar-refractivity contribution in [2.24, 2.45) is 18.8 Å². The highest BCUT2D eigenvalue weighted by molar-refractivity contribution is 4.88. The van der Waals surface area contributed by atoms with Crippen molar-refractivity contribution in [3.05, 3.63) is 12.2 Å². The van der Waals surface area contributed by atoms with Crippen molar-refractivity contribution in [3.63, 3.8) is 0 Å². The fourth-order valence-electron chi connectivity index (χ4n) is 1.59. The third-order valence-corrected chi connectivity index (χ3v) is 2.85. The molecule has 1 heterocycles. The number of aromatic nitrogens is 3. The van der Waals surface area contributed by atoms with Gasteiger partial charge >= 0.3 is 0 Å². The highest BCUT2D eigenvalue weighted by atomic mass is 15.3. The molecule has 0 amide bonds. The molecular formula is C10H21N5. The van der Waals surface area contributed by atoms with Gasteiger partial charge in [0, 0.05) is 19.5 Å². The van der Waals surface area contributed by atoms with E-state index >= 15 is 0 Å². The quantitative estimate of drug-likeness (QED) is 0.535. The van der Waals surface area contributed by atoms with Gasteiger partial charge in [0.05, 0.1) is 0 Å².